The Labute approximate surface area is 104 Å². The third-order valence-corrected chi connectivity index (χ3v) is 2.44. The predicted molar refractivity (Wildman–Crippen MR) is 71.6 cm³/mol. The minimum atomic E-state index is -0.368. The minimum absolute atomic E-state index is 0.368. The lowest BCUT2D eigenvalue weighted by molar-refractivity contribution is -0.137. The van der Waals surface area contributed by atoms with Crippen LogP contribution in [0.1, 0.15) is 26.2 Å². The molecule has 0 heterocycles. The number of likely N-dealkylation sites (N-methyl/N-ethyl adjacent to an activating group) is 1. The lowest BCUT2D eigenvalue weighted by Crippen LogP contribution is -2.23. The fourth-order valence-electron chi connectivity index (χ4n) is 1.42. The highest BCUT2D eigenvalue weighted by atomic mass is 16.5. The van der Waals surface area contributed by atoms with Crippen molar-refractivity contribution in [3.63, 3.8) is 0 Å². The van der Waals surface area contributed by atoms with Gasteiger partial charge in [0.2, 0.25) is 0 Å². The van der Waals surface area contributed by atoms with Crippen LogP contribution in [0.2, 0.25) is 0 Å². The van der Waals surface area contributed by atoms with E-state index in [2.05, 4.69) is 31.1 Å². The first kappa shape index (κ1) is 15.5. The van der Waals surface area contributed by atoms with Crippen molar-refractivity contribution in [1.82, 2.24) is 4.90 Å². The van der Waals surface area contributed by atoms with E-state index < -0.39 is 0 Å². The van der Waals surface area contributed by atoms with Gasteiger partial charge < -0.3 is 9.64 Å². The zero-order valence-electron chi connectivity index (χ0n) is 10.9. The Hall–Kier alpha value is -1.51. The molecule has 3 heteroatoms. The van der Waals surface area contributed by atoms with Gasteiger partial charge in [0.1, 0.15) is 6.61 Å². The summed E-state index contributed by atoms with van der Waals surface area (Å²) in [6, 6.07) is 0. The van der Waals surface area contributed by atoms with Crippen LogP contribution in [0.25, 0.3) is 0 Å². The third-order valence-electron chi connectivity index (χ3n) is 2.44. The van der Waals surface area contributed by atoms with E-state index >= 15 is 0 Å². The molecule has 0 aliphatic heterocycles. The average Bonchev–Trinajstić information content (AvgIpc) is 2.34. The molecule has 0 unspecified atom stereocenters. The van der Waals surface area contributed by atoms with E-state index in [1.54, 1.807) is 0 Å². The molecule has 3 nitrogen and oxygen atoms in total. The van der Waals surface area contributed by atoms with Crippen LogP contribution in [0.4, 0.5) is 0 Å². The second-order valence-corrected chi connectivity index (χ2v) is 3.71. The largest absolute Gasteiger partial charge is 0.461 e. The molecule has 0 radical (unpaired) electrons. The highest BCUT2D eigenvalue weighted by Crippen LogP contribution is 2.08. The summed E-state index contributed by atoms with van der Waals surface area (Å²) in [7, 11) is 2.00. The van der Waals surface area contributed by atoms with Crippen molar-refractivity contribution in [1.29, 1.82) is 0 Å². The van der Waals surface area contributed by atoms with Crippen LogP contribution in [0.5, 0.6) is 0 Å². The molecule has 0 fully saturated rings. The zero-order chi connectivity index (χ0) is 13.1. The number of ether oxygens (including phenoxy) is 1. The van der Waals surface area contributed by atoms with E-state index in [1.165, 1.54) is 11.8 Å². The van der Waals surface area contributed by atoms with Crippen LogP contribution < -0.4 is 0 Å². The summed E-state index contributed by atoms with van der Waals surface area (Å²) in [4.78, 5) is 13.0. The monoisotopic (exact) mass is 237 g/mol. The number of nitrogens with zero attached hydrogens (tertiary/aromatic N) is 1. The Balaban J connectivity index is 4.02. The predicted octanol–water partition coefficient (Wildman–Crippen LogP) is 2.91. The van der Waals surface area contributed by atoms with Crippen LogP contribution >= 0.6 is 0 Å². The summed E-state index contributed by atoms with van der Waals surface area (Å²) < 4.78 is 4.94. The summed E-state index contributed by atoms with van der Waals surface area (Å²) in [5.41, 5.74) is 1.27. The van der Waals surface area contributed by atoms with Gasteiger partial charge in [-0.15, -0.1) is 6.58 Å². The summed E-state index contributed by atoms with van der Waals surface area (Å²) in [5, 5.41) is 0. The summed E-state index contributed by atoms with van der Waals surface area (Å²) in [5.74, 6) is -0.368. The topological polar surface area (TPSA) is 29.5 Å². The van der Waals surface area contributed by atoms with Crippen molar-refractivity contribution in [3.05, 3.63) is 37.1 Å². The van der Waals surface area contributed by atoms with Crippen LogP contribution in [0, 0.1) is 0 Å². The number of carbonyl (C=O) groups is 1. The highest BCUT2D eigenvalue weighted by Gasteiger charge is 2.03. The normalized spacial score (nSPS) is 10.8. The molecule has 0 aromatic rings. The Kier molecular flexibility index (Phi) is 8.84. The van der Waals surface area contributed by atoms with Crippen molar-refractivity contribution < 1.29 is 9.53 Å². The van der Waals surface area contributed by atoms with Gasteiger partial charge >= 0.3 is 5.97 Å². The fourth-order valence-corrected chi connectivity index (χ4v) is 1.42. The van der Waals surface area contributed by atoms with Gasteiger partial charge in [-0.25, -0.2) is 4.79 Å². The molecule has 0 atom stereocenters. The van der Waals surface area contributed by atoms with Crippen LogP contribution in [0.15, 0.2) is 37.1 Å². The summed E-state index contributed by atoms with van der Waals surface area (Å²) in [6.07, 6.45) is 8.27. The van der Waals surface area contributed by atoms with Crippen LogP contribution in [0.3, 0.4) is 0 Å². The van der Waals surface area contributed by atoms with E-state index in [0.717, 1.165) is 19.3 Å². The highest BCUT2D eigenvalue weighted by molar-refractivity contribution is 5.81. The molecule has 0 aliphatic carbocycles. The second-order valence-electron chi connectivity index (χ2n) is 3.71. The molecule has 0 saturated carbocycles. The zero-order valence-corrected chi connectivity index (χ0v) is 10.9. The average molecular weight is 237 g/mol. The van der Waals surface area contributed by atoms with Gasteiger partial charge in [0.15, 0.2) is 0 Å². The number of carbonyl (C=O) groups excluding carboxylic acids is 1. The van der Waals surface area contributed by atoms with E-state index in [9.17, 15) is 4.79 Å². The first-order chi connectivity index (χ1) is 8.15. The summed E-state index contributed by atoms with van der Waals surface area (Å²) >= 11 is 0. The first-order valence-corrected chi connectivity index (χ1v) is 5.95. The quantitative estimate of drug-likeness (QED) is 0.267. The van der Waals surface area contributed by atoms with Gasteiger partial charge in [0.05, 0.1) is 6.54 Å². The van der Waals surface area contributed by atoms with Gasteiger partial charge in [-0.3, -0.25) is 0 Å². The maximum absolute atomic E-state index is 10.9. The second kappa shape index (κ2) is 9.70. The first-order valence-electron chi connectivity index (χ1n) is 5.95. The molecule has 17 heavy (non-hydrogen) atoms. The molecule has 0 aromatic carbocycles. The van der Waals surface area contributed by atoms with Crippen molar-refractivity contribution in [2.24, 2.45) is 0 Å². The molecule has 0 bridgehead atoms. The van der Waals surface area contributed by atoms with Crippen molar-refractivity contribution in [3.8, 4) is 0 Å². The molecule has 0 rings (SSSR count). The standard InChI is InChI=1S/C14H23NO2/c1-5-8-9-10-13(6-2)15(4)11-12-17-14(16)7-3/h5,7,10H,1,3,6,8-9,11-12H2,2,4H3/b13-10-. The molecule has 0 aliphatic rings. The number of hydrogen-bond donors (Lipinski definition) is 0. The van der Waals surface area contributed by atoms with Gasteiger partial charge in [0, 0.05) is 18.8 Å². The van der Waals surface area contributed by atoms with E-state index in [0.29, 0.717) is 13.2 Å². The van der Waals surface area contributed by atoms with Crippen molar-refractivity contribution in [2.75, 3.05) is 20.2 Å². The van der Waals surface area contributed by atoms with E-state index in [1.807, 2.05) is 13.1 Å². The Morgan fingerprint density at radius 3 is 2.59 bits per heavy atom. The Bertz CT molecular complexity index is 282. The lowest BCUT2D eigenvalue weighted by Gasteiger charge is -2.21. The van der Waals surface area contributed by atoms with Gasteiger partial charge in [-0.2, -0.15) is 0 Å². The van der Waals surface area contributed by atoms with Crippen LogP contribution in [-0.4, -0.2) is 31.1 Å². The number of hydrogen-bond acceptors (Lipinski definition) is 3. The third kappa shape index (κ3) is 7.39. The summed E-state index contributed by atoms with van der Waals surface area (Å²) in [6.45, 7) is 10.3. The Morgan fingerprint density at radius 2 is 2.06 bits per heavy atom. The van der Waals surface area contributed by atoms with Gasteiger partial charge in [0.25, 0.3) is 0 Å². The molecule has 0 aromatic heterocycles. The number of esters is 1. The molecule has 0 amide bonds. The number of allylic oxidation sites excluding steroid dienone is 3. The van der Waals surface area contributed by atoms with Crippen LogP contribution in [-0.2, 0) is 9.53 Å². The fraction of sp³-hybridized carbons (Fsp3) is 0.500. The maximum Gasteiger partial charge on any atom is 0.330 e. The van der Waals surface area contributed by atoms with Gasteiger partial charge in [-0.05, 0) is 19.3 Å². The smallest absolute Gasteiger partial charge is 0.330 e. The van der Waals surface area contributed by atoms with Crippen molar-refractivity contribution >= 4 is 5.97 Å². The van der Waals surface area contributed by atoms with E-state index in [-0.39, 0.29) is 5.97 Å². The molecule has 0 saturated heterocycles. The van der Waals surface area contributed by atoms with E-state index in [4.69, 9.17) is 4.74 Å². The lowest BCUT2D eigenvalue weighted by atomic mass is 10.2. The molecular weight excluding hydrogens is 214 g/mol. The SMILES string of the molecule is C=CCC/C=C(/CC)N(C)CCOC(=O)C=C. The molecule has 0 spiro atoms. The number of unbranched alkanes of at least 4 members (excludes halogenated alkanes) is 1. The molecule has 0 N–H and O–H groups in total. The molecule has 96 valence electrons. The minimum Gasteiger partial charge on any atom is -0.461 e. The van der Waals surface area contributed by atoms with Gasteiger partial charge in [-0.1, -0.05) is 25.7 Å². The Morgan fingerprint density at radius 1 is 1.35 bits per heavy atom. The van der Waals surface area contributed by atoms with Crippen molar-refractivity contribution in [2.45, 2.75) is 26.2 Å². The molecular formula is C14H23NO2. The number of rotatable bonds is 9. The maximum atomic E-state index is 10.9.